The highest BCUT2D eigenvalue weighted by Gasteiger charge is 2.16. The largest absolute Gasteiger partial charge is 0.299 e. The lowest BCUT2D eigenvalue weighted by atomic mass is 9.89. The van der Waals surface area contributed by atoms with Gasteiger partial charge in [0.1, 0.15) is 0 Å². The second-order valence-electron chi connectivity index (χ2n) is 9.43. The van der Waals surface area contributed by atoms with Crippen LogP contribution < -0.4 is 0 Å². The third kappa shape index (κ3) is 4.98. The second-order valence-corrected chi connectivity index (χ2v) is 9.43. The molecule has 1 aliphatic rings. The SMILES string of the molecule is C=Nc1cc(CN2CCCC2)cc(C#N)c1CCc1cccc(-c2cccc(CC)c2C)c1C. The number of nitrogens with zero attached hydrogens (tertiary/aromatic N) is 3. The third-order valence-electron chi connectivity index (χ3n) is 7.39. The first-order chi connectivity index (χ1) is 16.5. The van der Waals surface area contributed by atoms with E-state index in [2.05, 4.69) is 92.0 Å². The van der Waals surface area contributed by atoms with Crippen molar-refractivity contribution in [1.29, 1.82) is 5.26 Å². The molecule has 174 valence electrons. The Balaban J connectivity index is 1.61. The van der Waals surface area contributed by atoms with Gasteiger partial charge in [0.15, 0.2) is 0 Å². The first kappa shape index (κ1) is 23.9. The molecule has 0 radical (unpaired) electrons. The normalized spacial score (nSPS) is 13.7. The van der Waals surface area contributed by atoms with Gasteiger partial charge in [0.25, 0.3) is 0 Å². The van der Waals surface area contributed by atoms with Gasteiger partial charge in [-0.1, -0.05) is 43.3 Å². The molecule has 0 saturated carbocycles. The lowest BCUT2D eigenvalue weighted by molar-refractivity contribution is 0.331. The standard InChI is InChI=1S/C31H35N3/c1-5-25-10-8-12-28(22(25)2)29-13-9-11-26(23(29)3)14-15-30-27(20-32)18-24(19-31(30)33-4)21-34-16-6-7-17-34/h8-13,18-19H,4-7,14-17,21H2,1-3H3. The van der Waals surface area contributed by atoms with Gasteiger partial charge in [-0.25, -0.2) is 0 Å². The number of nitriles is 1. The summed E-state index contributed by atoms with van der Waals surface area (Å²) in [6.07, 6.45) is 5.21. The van der Waals surface area contributed by atoms with Crippen LogP contribution in [-0.2, 0) is 25.8 Å². The summed E-state index contributed by atoms with van der Waals surface area (Å²) in [5.41, 5.74) is 11.8. The van der Waals surface area contributed by atoms with E-state index in [0.717, 1.165) is 61.3 Å². The van der Waals surface area contributed by atoms with Crippen molar-refractivity contribution >= 4 is 12.4 Å². The molecule has 3 aromatic rings. The van der Waals surface area contributed by atoms with Crippen molar-refractivity contribution in [1.82, 2.24) is 4.90 Å². The third-order valence-corrected chi connectivity index (χ3v) is 7.39. The Hall–Kier alpha value is -3.22. The number of benzene rings is 3. The van der Waals surface area contributed by atoms with Crippen molar-refractivity contribution in [3.05, 3.63) is 87.5 Å². The number of likely N-dealkylation sites (tertiary alicyclic amines) is 1. The quantitative estimate of drug-likeness (QED) is 0.344. The van der Waals surface area contributed by atoms with Crippen LogP contribution in [-0.4, -0.2) is 24.7 Å². The lowest BCUT2D eigenvalue weighted by Crippen LogP contribution is -2.18. The van der Waals surface area contributed by atoms with Crippen molar-refractivity contribution in [3.63, 3.8) is 0 Å². The number of aliphatic imine (C=N–C) groups is 1. The van der Waals surface area contributed by atoms with Crippen LogP contribution >= 0.6 is 0 Å². The van der Waals surface area contributed by atoms with Crippen LogP contribution in [0.5, 0.6) is 0 Å². The maximum atomic E-state index is 9.92. The average Bonchev–Trinajstić information content (AvgIpc) is 3.36. The fourth-order valence-corrected chi connectivity index (χ4v) is 5.37. The summed E-state index contributed by atoms with van der Waals surface area (Å²) >= 11 is 0. The Morgan fingerprint density at radius 1 is 0.941 bits per heavy atom. The zero-order chi connectivity index (χ0) is 24.1. The van der Waals surface area contributed by atoms with Gasteiger partial charge in [-0.3, -0.25) is 9.89 Å². The summed E-state index contributed by atoms with van der Waals surface area (Å²) in [5.74, 6) is 0. The molecule has 0 unspecified atom stereocenters. The second kappa shape index (κ2) is 10.8. The number of aryl methyl sites for hydroxylation is 2. The number of hydrogen-bond donors (Lipinski definition) is 0. The maximum Gasteiger partial charge on any atom is 0.0995 e. The fourth-order valence-electron chi connectivity index (χ4n) is 5.37. The van der Waals surface area contributed by atoms with Gasteiger partial charge < -0.3 is 0 Å². The maximum absolute atomic E-state index is 9.92. The Morgan fingerprint density at radius 3 is 2.21 bits per heavy atom. The number of hydrogen-bond acceptors (Lipinski definition) is 3. The van der Waals surface area contributed by atoms with Gasteiger partial charge in [0.2, 0.25) is 0 Å². The van der Waals surface area contributed by atoms with E-state index in [-0.39, 0.29) is 0 Å². The summed E-state index contributed by atoms with van der Waals surface area (Å²) in [4.78, 5) is 6.78. The van der Waals surface area contributed by atoms with E-state index in [1.807, 2.05) is 0 Å². The highest BCUT2D eigenvalue weighted by Crippen LogP contribution is 2.32. The van der Waals surface area contributed by atoms with E-state index >= 15 is 0 Å². The van der Waals surface area contributed by atoms with Crippen LogP contribution in [0.25, 0.3) is 11.1 Å². The van der Waals surface area contributed by atoms with E-state index in [4.69, 9.17) is 0 Å². The van der Waals surface area contributed by atoms with Crippen molar-refractivity contribution in [2.45, 2.75) is 59.4 Å². The predicted octanol–water partition coefficient (Wildman–Crippen LogP) is 7.12. The summed E-state index contributed by atoms with van der Waals surface area (Å²) in [6.45, 7) is 13.6. The van der Waals surface area contributed by atoms with E-state index in [0.29, 0.717) is 0 Å². The molecular formula is C31H35N3. The molecule has 34 heavy (non-hydrogen) atoms. The van der Waals surface area contributed by atoms with Crippen molar-refractivity contribution in [3.8, 4) is 17.2 Å². The Labute approximate surface area is 204 Å². The first-order valence-electron chi connectivity index (χ1n) is 12.5. The molecular weight excluding hydrogens is 414 g/mol. The molecule has 0 spiro atoms. The van der Waals surface area contributed by atoms with E-state index < -0.39 is 0 Å². The molecule has 1 heterocycles. The molecule has 1 fully saturated rings. The van der Waals surface area contributed by atoms with Gasteiger partial charge in [0.05, 0.1) is 17.3 Å². The minimum Gasteiger partial charge on any atom is -0.299 e. The van der Waals surface area contributed by atoms with Crippen molar-refractivity contribution in [2.24, 2.45) is 4.99 Å². The van der Waals surface area contributed by atoms with E-state index in [9.17, 15) is 5.26 Å². The van der Waals surface area contributed by atoms with Crippen LogP contribution in [0.3, 0.4) is 0 Å². The molecule has 3 heteroatoms. The molecule has 0 aromatic heterocycles. The van der Waals surface area contributed by atoms with Gasteiger partial charge in [-0.15, -0.1) is 0 Å². The highest BCUT2D eigenvalue weighted by atomic mass is 15.1. The molecule has 3 nitrogen and oxygen atoms in total. The summed E-state index contributed by atoms with van der Waals surface area (Å²) in [7, 11) is 0. The van der Waals surface area contributed by atoms with Crippen LogP contribution in [0.2, 0.25) is 0 Å². The molecule has 0 bridgehead atoms. The summed E-state index contributed by atoms with van der Waals surface area (Å²) in [6, 6.07) is 19.8. The smallest absolute Gasteiger partial charge is 0.0995 e. The Bertz CT molecular complexity index is 1230. The highest BCUT2D eigenvalue weighted by molar-refractivity contribution is 5.72. The topological polar surface area (TPSA) is 39.4 Å². The Kier molecular flexibility index (Phi) is 7.60. The van der Waals surface area contributed by atoms with Crippen LogP contribution in [0, 0.1) is 25.2 Å². The summed E-state index contributed by atoms with van der Waals surface area (Å²) in [5, 5.41) is 9.92. The Morgan fingerprint density at radius 2 is 1.59 bits per heavy atom. The van der Waals surface area contributed by atoms with Crippen molar-refractivity contribution < 1.29 is 0 Å². The molecule has 1 saturated heterocycles. The van der Waals surface area contributed by atoms with Crippen LogP contribution in [0.4, 0.5) is 5.69 Å². The zero-order valence-electron chi connectivity index (χ0n) is 20.8. The fraction of sp³-hybridized carbons (Fsp3) is 0.355. The minimum absolute atomic E-state index is 0.736. The predicted molar refractivity (Wildman–Crippen MR) is 143 cm³/mol. The first-order valence-corrected chi connectivity index (χ1v) is 12.5. The van der Waals surface area contributed by atoms with Gasteiger partial charge in [0, 0.05) is 6.54 Å². The van der Waals surface area contributed by atoms with Gasteiger partial charge in [-0.2, -0.15) is 5.26 Å². The van der Waals surface area contributed by atoms with Crippen LogP contribution in [0.15, 0.2) is 53.5 Å². The van der Waals surface area contributed by atoms with Crippen molar-refractivity contribution in [2.75, 3.05) is 13.1 Å². The molecule has 0 N–H and O–H groups in total. The van der Waals surface area contributed by atoms with Gasteiger partial charge in [-0.05, 0) is 122 Å². The van der Waals surface area contributed by atoms with E-state index in [1.165, 1.54) is 46.2 Å². The number of rotatable bonds is 8. The molecule has 0 amide bonds. The molecule has 3 aromatic carbocycles. The van der Waals surface area contributed by atoms with Gasteiger partial charge >= 0.3 is 0 Å². The van der Waals surface area contributed by atoms with Crippen LogP contribution in [0.1, 0.15) is 58.7 Å². The monoisotopic (exact) mass is 449 g/mol. The zero-order valence-corrected chi connectivity index (χ0v) is 20.8. The molecule has 4 rings (SSSR count). The lowest BCUT2D eigenvalue weighted by Gasteiger charge is -2.18. The molecule has 1 aliphatic heterocycles. The minimum atomic E-state index is 0.736. The average molecular weight is 450 g/mol. The van der Waals surface area contributed by atoms with E-state index in [1.54, 1.807) is 0 Å². The summed E-state index contributed by atoms with van der Waals surface area (Å²) < 4.78 is 0. The molecule has 0 aliphatic carbocycles. The molecule has 0 atom stereocenters.